The Hall–Kier alpha value is -2.66. The largest absolute Gasteiger partial charge is 0.326 e. The molecule has 0 radical (unpaired) electrons. The van der Waals surface area contributed by atoms with Gasteiger partial charge in [0, 0.05) is 18.2 Å². The zero-order chi connectivity index (χ0) is 18.3. The van der Waals surface area contributed by atoms with E-state index in [1.54, 1.807) is 0 Å². The van der Waals surface area contributed by atoms with Crippen molar-refractivity contribution >= 4 is 22.6 Å². The van der Waals surface area contributed by atoms with Gasteiger partial charge in [-0.25, -0.2) is 4.98 Å². The molecule has 3 aromatic rings. The van der Waals surface area contributed by atoms with Gasteiger partial charge in [0.05, 0.1) is 17.4 Å². The van der Waals surface area contributed by atoms with Gasteiger partial charge in [-0.05, 0) is 67.6 Å². The number of aromatic nitrogens is 2. The summed E-state index contributed by atoms with van der Waals surface area (Å²) in [4.78, 5) is 17.0. The van der Waals surface area contributed by atoms with Gasteiger partial charge in [-0.1, -0.05) is 24.3 Å². The molecule has 1 unspecified atom stereocenters. The van der Waals surface area contributed by atoms with Gasteiger partial charge < -0.3 is 15.2 Å². The maximum absolute atomic E-state index is 12.6. The number of para-hydroxylation sites is 2. The molecule has 1 amide bonds. The summed E-state index contributed by atoms with van der Waals surface area (Å²) in [5.74, 6) is 0.377. The first-order valence-electron chi connectivity index (χ1n) is 9.74. The Kier molecular flexibility index (Phi) is 3.97. The maximum Gasteiger partial charge on any atom is 0.228 e. The first-order valence-corrected chi connectivity index (χ1v) is 9.74. The minimum Gasteiger partial charge on any atom is -0.326 e. The summed E-state index contributed by atoms with van der Waals surface area (Å²) in [6, 6.07) is 16.3. The van der Waals surface area contributed by atoms with Crippen molar-refractivity contribution in [3.63, 3.8) is 0 Å². The lowest BCUT2D eigenvalue weighted by atomic mass is 9.92. The second-order valence-corrected chi connectivity index (χ2v) is 7.92. The number of fused-ring (bicyclic) bond motifs is 1. The van der Waals surface area contributed by atoms with Crippen LogP contribution in [0.15, 0.2) is 54.9 Å². The van der Waals surface area contributed by atoms with E-state index in [-0.39, 0.29) is 17.2 Å². The standard InChI is InChI=1S/C22H24N4O/c27-21(18-13-22(18)9-11-23-12-10-22)25-17-7-5-16(6-8-17)14-26-15-24-19-3-1-2-4-20(19)26/h1-8,15,18,23H,9-14H2,(H,25,27). The van der Waals surface area contributed by atoms with Crippen LogP contribution in [0, 0.1) is 11.3 Å². The fraction of sp³-hybridized carbons (Fsp3) is 0.364. The minimum atomic E-state index is 0.185. The Bertz CT molecular complexity index is 969. The molecule has 5 heteroatoms. The Balaban J connectivity index is 1.23. The second kappa shape index (κ2) is 6.50. The molecular weight excluding hydrogens is 336 g/mol. The van der Waals surface area contributed by atoms with Gasteiger partial charge in [-0.3, -0.25) is 4.79 Å². The third-order valence-electron chi connectivity index (χ3n) is 6.21. The smallest absolute Gasteiger partial charge is 0.228 e. The number of nitrogens with zero attached hydrogens (tertiary/aromatic N) is 2. The van der Waals surface area contributed by atoms with Crippen molar-refractivity contribution < 1.29 is 4.79 Å². The SMILES string of the molecule is O=C(Nc1ccc(Cn2cnc3ccccc32)cc1)C1CC12CCNCC2. The van der Waals surface area contributed by atoms with Crippen molar-refractivity contribution in [2.45, 2.75) is 25.8 Å². The highest BCUT2D eigenvalue weighted by Crippen LogP contribution is 2.58. The monoisotopic (exact) mass is 360 g/mol. The van der Waals surface area contributed by atoms with Gasteiger partial charge in [-0.2, -0.15) is 0 Å². The first-order chi connectivity index (χ1) is 13.2. The van der Waals surface area contributed by atoms with Crippen LogP contribution in [0.1, 0.15) is 24.8 Å². The average Bonchev–Trinajstić information content (AvgIpc) is 3.24. The molecule has 2 heterocycles. The lowest BCUT2D eigenvalue weighted by Crippen LogP contribution is -2.31. The molecule has 1 atom stereocenters. The van der Waals surface area contributed by atoms with Gasteiger partial charge in [0.25, 0.3) is 0 Å². The molecule has 5 nitrogen and oxygen atoms in total. The number of hydrogen-bond acceptors (Lipinski definition) is 3. The Labute approximate surface area is 158 Å². The number of carbonyl (C=O) groups excluding carboxylic acids is 1. The molecule has 5 rings (SSSR count). The van der Waals surface area contributed by atoms with E-state index in [2.05, 4.69) is 38.4 Å². The summed E-state index contributed by atoms with van der Waals surface area (Å²) in [5.41, 5.74) is 4.50. The van der Waals surface area contributed by atoms with Gasteiger partial charge in [0.1, 0.15) is 0 Å². The maximum atomic E-state index is 12.6. The van der Waals surface area contributed by atoms with Crippen molar-refractivity contribution in [2.24, 2.45) is 11.3 Å². The van der Waals surface area contributed by atoms with Crippen LogP contribution in [0.4, 0.5) is 5.69 Å². The third-order valence-corrected chi connectivity index (χ3v) is 6.21. The van der Waals surface area contributed by atoms with Crippen LogP contribution >= 0.6 is 0 Å². The first kappa shape index (κ1) is 16.5. The van der Waals surface area contributed by atoms with Crippen molar-refractivity contribution in [3.8, 4) is 0 Å². The van der Waals surface area contributed by atoms with E-state index in [0.29, 0.717) is 0 Å². The van der Waals surface area contributed by atoms with E-state index in [1.165, 1.54) is 5.56 Å². The summed E-state index contributed by atoms with van der Waals surface area (Å²) in [6.45, 7) is 2.86. The molecule has 1 saturated heterocycles. The predicted octanol–water partition coefficient (Wildman–Crippen LogP) is 3.41. The number of hydrogen-bond donors (Lipinski definition) is 2. The number of carbonyl (C=O) groups is 1. The highest BCUT2D eigenvalue weighted by molar-refractivity contribution is 5.95. The normalized spacial score (nSPS) is 20.7. The molecule has 1 aromatic heterocycles. The van der Waals surface area contributed by atoms with Crippen molar-refractivity contribution in [1.29, 1.82) is 0 Å². The van der Waals surface area contributed by atoms with E-state index in [0.717, 1.165) is 55.6 Å². The lowest BCUT2D eigenvalue weighted by Gasteiger charge is -2.23. The number of amides is 1. The molecule has 2 N–H and O–H groups in total. The molecule has 0 bridgehead atoms. The van der Waals surface area contributed by atoms with Crippen LogP contribution in [0.25, 0.3) is 11.0 Å². The summed E-state index contributed by atoms with van der Waals surface area (Å²) in [7, 11) is 0. The molecule has 1 aliphatic heterocycles. The molecule has 27 heavy (non-hydrogen) atoms. The van der Waals surface area contributed by atoms with E-state index >= 15 is 0 Å². The van der Waals surface area contributed by atoms with Crippen LogP contribution in [-0.4, -0.2) is 28.5 Å². The Morgan fingerprint density at radius 2 is 1.93 bits per heavy atom. The van der Waals surface area contributed by atoms with Gasteiger partial charge in [0.2, 0.25) is 5.91 Å². The molecule has 138 valence electrons. The molecule has 2 aliphatic rings. The van der Waals surface area contributed by atoms with Gasteiger partial charge >= 0.3 is 0 Å². The number of anilines is 1. The van der Waals surface area contributed by atoms with Gasteiger partial charge in [0.15, 0.2) is 0 Å². The summed E-state index contributed by atoms with van der Waals surface area (Å²) < 4.78 is 2.15. The number of benzene rings is 2. The Morgan fingerprint density at radius 1 is 1.15 bits per heavy atom. The molecule has 1 spiro atoms. The molecule has 1 aliphatic carbocycles. The fourth-order valence-electron chi connectivity index (χ4n) is 4.45. The molecule has 1 saturated carbocycles. The van der Waals surface area contributed by atoms with Crippen molar-refractivity contribution in [1.82, 2.24) is 14.9 Å². The molecule has 2 aromatic carbocycles. The van der Waals surface area contributed by atoms with E-state index in [9.17, 15) is 4.79 Å². The minimum absolute atomic E-state index is 0.185. The summed E-state index contributed by atoms with van der Waals surface area (Å²) >= 11 is 0. The zero-order valence-corrected chi connectivity index (χ0v) is 15.3. The topological polar surface area (TPSA) is 59.0 Å². The Morgan fingerprint density at radius 3 is 2.74 bits per heavy atom. The second-order valence-electron chi connectivity index (χ2n) is 7.92. The van der Waals surface area contributed by atoms with E-state index < -0.39 is 0 Å². The van der Waals surface area contributed by atoms with Gasteiger partial charge in [-0.15, -0.1) is 0 Å². The fourth-order valence-corrected chi connectivity index (χ4v) is 4.45. The molecule has 2 fully saturated rings. The van der Waals surface area contributed by atoms with Crippen molar-refractivity contribution in [2.75, 3.05) is 18.4 Å². The van der Waals surface area contributed by atoms with E-state index in [4.69, 9.17) is 0 Å². The summed E-state index contributed by atoms with van der Waals surface area (Å²) in [5, 5.41) is 6.50. The number of rotatable bonds is 4. The van der Waals surface area contributed by atoms with E-state index in [1.807, 2.05) is 36.7 Å². The third kappa shape index (κ3) is 3.12. The number of piperidine rings is 1. The lowest BCUT2D eigenvalue weighted by molar-refractivity contribution is -0.118. The highest BCUT2D eigenvalue weighted by atomic mass is 16.2. The van der Waals surface area contributed by atoms with Crippen LogP contribution in [0.2, 0.25) is 0 Å². The quantitative estimate of drug-likeness (QED) is 0.750. The highest BCUT2D eigenvalue weighted by Gasteiger charge is 2.57. The van der Waals surface area contributed by atoms with Crippen LogP contribution in [-0.2, 0) is 11.3 Å². The number of imidazole rings is 1. The van der Waals surface area contributed by atoms with Crippen LogP contribution in [0.5, 0.6) is 0 Å². The zero-order valence-electron chi connectivity index (χ0n) is 15.3. The number of nitrogens with one attached hydrogen (secondary N) is 2. The predicted molar refractivity (Wildman–Crippen MR) is 107 cm³/mol. The molecular formula is C22H24N4O. The van der Waals surface area contributed by atoms with Crippen LogP contribution < -0.4 is 10.6 Å². The van der Waals surface area contributed by atoms with Crippen molar-refractivity contribution in [3.05, 3.63) is 60.4 Å². The summed E-state index contributed by atoms with van der Waals surface area (Å²) in [6.07, 6.45) is 5.18. The van der Waals surface area contributed by atoms with Crippen LogP contribution in [0.3, 0.4) is 0 Å². The average molecular weight is 360 g/mol.